The van der Waals surface area contributed by atoms with Gasteiger partial charge in [-0.05, 0) is 56.7 Å². The maximum absolute atomic E-state index is 13.5. The second-order valence-electron chi connectivity index (χ2n) is 11.6. The number of sulfone groups is 1. The van der Waals surface area contributed by atoms with Crippen molar-refractivity contribution in [2.75, 3.05) is 38.9 Å². The lowest BCUT2D eigenvalue weighted by Crippen LogP contribution is -2.47. The highest BCUT2D eigenvalue weighted by Gasteiger charge is 2.34. The molecule has 1 aromatic carbocycles. The van der Waals surface area contributed by atoms with Gasteiger partial charge in [0.15, 0.2) is 0 Å². The van der Waals surface area contributed by atoms with Crippen LogP contribution in [0.3, 0.4) is 0 Å². The first kappa shape index (κ1) is 41.7. The van der Waals surface area contributed by atoms with Crippen LogP contribution in [-0.4, -0.2) is 76.4 Å². The Labute approximate surface area is 281 Å². The molecule has 0 saturated carbocycles. The van der Waals surface area contributed by atoms with E-state index in [2.05, 4.69) is 24.1 Å². The second-order valence-corrected chi connectivity index (χ2v) is 13.9. The quantitative estimate of drug-likeness (QED) is 0.0559. The first-order chi connectivity index (χ1) is 22.6. The van der Waals surface area contributed by atoms with Crippen LogP contribution >= 0.6 is 0 Å². The number of nitrogens with one attached hydrogen (secondary N) is 1. The van der Waals surface area contributed by atoms with Gasteiger partial charge < -0.3 is 24.6 Å². The molecule has 47 heavy (non-hydrogen) atoms. The SMILES string of the molecule is CC#CCOc1ccc(C[C@H](NC(=O)[C@@H](/C=C/CCCCCCS(=O)(=O)CCCCCCC)[C@@H](CCOC)C(=O)O)C(=O)OC)cc1. The van der Waals surface area contributed by atoms with Crippen LogP contribution in [0.1, 0.15) is 90.0 Å². The van der Waals surface area contributed by atoms with Crippen molar-refractivity contribution >= 4 is 27.7 Å². The summed E-state index contributed by atoms with van der Waals surface area (Å²) in [5.74, 6) is 2.13. The molecule has 0 aliphatic heterocycles. The number of carboxylic acid groups (broad SMARTS) is 1. The number of carbonyl (C=O) groups is 3. The maximum atomic E-state index is 13.5. The van der Waals surface area contributed by atoms with Crippen molar-refractivity contribution in [2.24, 2.45) is 11.8 Å². The summed E-state index contributed by atoms with van der Waals surface area (Å²) in [6.07, 6.45) is 12.2. The van der Waals surface area contributed by atoms with Crippen LogP contribution in [0.2, 0.25) is 0 Å². The molecule has 11 heteroatoms. The molecule has 1 aromatic rings. The second kappa shape index (κ2) is 24.8. The number of rotatable bonds is 26. The standard InChI is InChI=1S/C36H55NO9S/c1-5-7-9-13-16-26-47(42,43)27-17-14-11-10-12-15-18-31(32(35(39)40)23-25-44-3)34(38)37-33(36(41)45-4)28-29-19-21-30(22-20-29)46-24-8-6-2/h15,18-22,31-33H,5,7,9-14,16-17,23-28H2,1-4H3,(H,37,38)(H,39,40)/b18-15+/t31-,32+,33-/m0/s1. The lowest BCUT2D eigenvalue weighted by atomic mass is 9.87. The molecule has 2 N–H and O–H groups in total. The fourth-order valence-electron chi connectivity index (χ4n) is 5.07. The van der Waals surface area contributed by atoms with Gasteiger partial charge in [-0.25, -0.2) is 13.2 Å². The number of carbonyl (C=O) groups excluding carboxylic acids is 2. The summed E-state index contributed by atoms with van der Waals surface area (Å²) in [6.45, 7) is 4.25. The molecule has 0 aromatic heterocycles. The average Bonchev–Trinajstić information content (AvgIpc) is 3.04. The molecule has 0 unspecified atom stereocenters. The first-order valence-corrected chi connectivity index (χ1v) is 18.5. The molecular formula is C36H55NO9S. The van der Waals surface area contributed by atoms with Crippen LogP contribution in [0.4, 0.5) is 0 Å². The predicted octanol–water partition coefficient (Wildman–Crippen LogP) is 5.53. The van der Waals surface area contributed by atoms with E-state index >= 15 is 0 Å². The number of carboxylic acids is 1. The Morgan fingerprint density at radius 3 is 2.17 bits per heavy atom. The van der Waals surface area contributed by atoms with E-state index in [4.69, 9.17) is 14.2 Å². The summed E-state index contributed by atoms with van der Waals surface area (Å²) < 4.78 is 40.1. The van der Waals surface area contributed by atoms with Gasteiger partial charge in [-0.15, -0.1) is 5.92 Å². The van der Waals surface area contributed by atoms with E-state index in [1.165, 1.54) is 14.2 Å². The van der Waals surface area contributed by atoms with Crippen LogP contribution in [0.25, 0.3) is 0 Å². The van der Waals surface area contributed by atoms with Crippen LogP contribution < -0.4 is 10.1 Å². The highest BCUT2D eigenvalue weighted by Crippen LogP contribution is 2.21. The predicted molar refractivity (Wildman–Crippen MR) is 184 cm³/mol. The van der Waals surface area contributed by atoms with Crippen molar-refractivity contribution < 1.29 is 42.1 Å². The third-order valence-electron chi connectivity index (χ3n) is 7.82. The minimum atomic E-state index is -3.02. The molecule has 0 aliphatic rings. The van der Waals surface area contributed by atoms with E-state index < -0.39 is 45.6 Å². The van der Waals surface area contributed by atoms with Crippen molar-refractivity contribution in [1.82, 2.24) is 5.32 Å². The van der Waals surface area contributed by atoms with Gasteiger partial charge in [0.05, 0.1) is 30.5 Å². The number of unbranched alkanes of at least 4 members (excludes halogenated alkanes) is 8. The Hall–Kier alpha value is -3.36. The van der Waals surface area contributed by atoms with Gasteiger partial charge in [0.25, 0.3) is 0 Å². The number of aliphatic carboxylic acids is 1. The van der Waals surface area contributed by atoms with E-state index in [-0.39, 0.29) is 37.6 Å². The van der Waals surface area contributed by atoms with Crippen LogP contribution in [0, 0.1) is 23.7 Å². The molecule has 0 fully saturated rings. The highest BCUT2D eigenvalue weighted by atomic mass is 32.2. The Kier molecular flexibility index (Phi) is 22.0. The van der Waals surface area contributed by atoms with Crippen LogP contribution in [0.15, 0.2) is 36.4 Å². The van der Waals surface area contributed by atoms with Crippen molar-refractivity contribution in [2.45, 2.75) is 96.9 Å². The Morgan fingerprint density at radius 1 is 0.957 bits per heavy atom. The summed E-state index contributed by atoms with van der Waals surface area (Å²) in [5, 5.41) is 12.7. The van der Waals surface area contributed by atoms with E-state index in [1.807, 2.05) is 0 Å². The molecule has 0 spiro atoms. The molecule has 0 bridgehead atoms. The molecule has 0 aliphatic carbocycles. The third-order valence-corrected chi connectivity index (χ3v) is 9.64. The summed E-state index contributed by atoms with van der Waals surface area (Å²) in [7, 11) is -0.333. The number of amides is 1. The summed E-state index contributed by atoms with van der Waals surface area (Å²) in [5.41, 5.74) is 0.746. The fourth-order valence-corrected chi connectivity index (χ4v) is 6.56. The van der Waals surface area contributed by atoms with E-state index in [0.717, 1.165) is 56.9 Å². The van der Waals surface area contributed by atoms with Gasteiger partial charge in [0.1, 0.15) is 28.2 Å². The van der Waals surface area contributed by atoms with E-state index in [9.17, 15) is 27.9 Å². The molecule has 0 saturated heterocycles. The first-order valence-electron chi connectivity index (χ1n) is 16.7. The number of esters is 1. The number of methoxy groups -OCH3 is 2. The van der Waals surface area contributed by atoms with Crippen LogP contribution in [0.5, 0.6) is 5.75 Å². The fraction of sp³-hybridized carbons (Fsp3) is 0.639. The average molecular weight is 678 g/mol. The largest absolute Gasteiger partial charge is 0.481 e. The molecule has 264 valence electrons. The van der Waals surface area contributed by atoms with Crippen molar-refractivity contribution in [3.05, 3.63) is 42.0 Å². The van der Waals surface area contributed by atoms with Crippen molar-refractivity contribution in [1.29, 1.82) is 0 Å². The van der Waals surface area contributed by atoms with Gasteiger partial charge in [0, 0.05) is 20.1 Å². The van der Waals surface area contributed by atoms with E-state index in [1.54, 1.807) is 43.3 Å². The lowest BCUT2D eigenvalue weighted by molar-refractivity contribution is -0.148. The van der Waals surface area contributed by atoms with Crippen molar-refractivity contribution in [3.8, 4) is 17.6 Å². The van der Waals surface area contributed by atoms with Crippen LogP contribution in [-0.2, 0) is 40.1 Å². The summed E-state index contributed by atoms with van der Waals surface area (Å²) in [6, 6.07) is 6.00. The zero-order chi connectivity index (χ0) is 34.9. The molecule has 3 atom stereocenters. The van der Waals surface area contributed by atoms with Gasteiger partial charge in [0.2, 0.25) is 5.91 Å². The Morgan fingerprint density at radius 2 is 1.60 bits per heavy atom. The molecular weight excluding hydrogens is 622 g/mol. The van der Waals surface area contributed by atoms with Gasteiger partial charge in [-0.3, -0.25) is 9.59 Å². The normalized spacial score (nSPS) is 13.3. The number of hydrogen-bond acceptors (Lipinski definition) is 8. The smallest absolute Gasteiger partial charge is 0.328 e. The summed E-state index contributed by atoms with van der Waals surface area (Å²) >= 11 is 0. The Bertz CT molecular complexity index is 1250. The number of ether oxygens (including phenoxy) is 3. The molecule has 0 heterocycles. The number of benzene rings is 1. The van der Waals surface area contributed by atoms with Crippen molar-refractivity contribution in [3.63, 3.8) is 0 Å². The highest BCUT2D eigenvalue weighted by molar-refractivity contribution is 7.91. The third kappa shape index (κ3) is 18.5. The molecule has 10 nitrogen and oxygen atoms in total. The zero-order valence-electron chi connectivity index (χ0n) is 28.6. The number of allylic oxidation sites excluding steroid dienone is 1. The zero-order valence-corrected chi connectivity index (χ0v) is 29.4. The van der Waals surface area contributed by atoms with Gasteiger partial charge in [-0.1, -0.05) is 75.7 Å². The lowest BCUT2D eigenvalue weighted by Gasteiger charge is -2.24. The number of hydrogen-bond donors (Lipinski definition) is 2. The van der Waals surface area contributed by atoms with Gasteiger partial charge >= 0.3 is 11.9 Å². The maximum Gasteiger partial charge on any atom is 0.328 e. The van der Waals surface area contributed by atoms with E-state index in [0.29, 0.717) is 18.6 Å². The van der Waals surface area contributed by atoms with Gasteiger partial charge in [-0.2, -0.15) is 0 Å². The monoisotopic (exact) mass is 677 g/mol. The minimum Gasteiger partial charge on any atom is -0.481 e. The minimum absolute atomic E-state index is 0.105. The summed E-state index contributed by atoms with van der Waals surface area (Å²) in [4.78, 5) is 38.4. The molecule has 1 amide bonds. The topological polar surface area (TPSA) is 145 Å². The molecule has 1 rings (SSSR count). The Balaban J connectivity index is 2.81. The molecule has 0 radical (unpaired) electrons.